The molecule has 2 aromatic carbocycles. The van der Waals surface area contributed by atoms with Crippen molar-refractivity contribution in [2.75, 3.05) is 0 Å². The molecule has 23 heavy (non-hydrogen) atoms. The summed E-state index contributed by atoms with van der Waals surface area (Å²) in [5, 5.41) is 2.83. The summed E-state index contributed by atoms with van der Waals surface area (Å²) < 4.78 is 1.95. The summed E-state index contributed by atoms with van der Waals surface area (Å²) in [6.07, 6.45) is 0. The number of hydrogen-bond donors (Lipinski definition) is 2. The minimum Gasteiger partial charge on any atom is -0.366 e. The molecule has 6 heteroatoms. The highest BCUT2D eigenvalue weighted by Gasteiger charge is 2.10. The van der Waals surface area contributed by atoms with Crippen molar-refractivity contribution in [2.45, 2.75) is 6.54 Å². The van der Waals surface area contributed by atoms with E-state index in [9.17, 15) is 9.59 Å². The Balaban J connectivity index is 1.72. The molecule has 0 fully saturated rings. The lowest BCUT2D eigenvalue weighted by atomic mass is 10.1. The van der Waals surface area contributed by atoms with Crippen molar-refractivity contribution >= 4 is 22.8 Å². The maximum atomic E-state index is 12.2. The van der Waals surface area contributed by atoms with Crippen molar-refractivity contribution in [2.24, 2.45) is 12.8 Å². The van der Waals surface area contributed by atoms with E-state index in [1.165, 1.54) is 12.1 Å². The molecule has 1 aromatic heterocycles. The van der Waals surface area contributed by atoms with Crippen molar-refractivity contribution in [1.29, 1.82) is 0 Å². The summed E-state index contributed by atoms with van der Waals surface area (Å²) in [5.74, 6) is 0.0260. The van der Waals surface area contributed by atoms with Gasteiger partial charge in [0, 0.05) is 18.2 Å². The van der Waals surface area contributed by atoms with Gasteiger partial charge in [-0.15, -0.1) is 0 Å². The Morgan fingerprint density at radius 2 is 1.74 bits per heavy atom. The largest absolute Gasteiger partial charge is 0.366 e. The Morgan fingerprint density at radius 3 is 2.39 bits per heavy atom. The second-order valence-electron chi connectivity index (χ2n) is 5.20. The normalized spacial score (nSPS) is 10.7. The molecule has 0 aliphatic rings. The van der Waals surface area contributed by atoms with E-state index < -0.39 is 5.91 Å². The van der Waals surface area contributed by atoms with Crippen LogP contribution in [0.2, 0.25) is 0 Å². The monoisotopic (exact) mass is 308 g/mol. The first-order valence-electron chi connectivity index (χ1n) is 7.14. The molecule has 1 heterocycles. The quantitative estimate of drug-likeness (QED) is 0.767. The Morgan fingerprint density at radius 1 is 1.09 bits per heavy atom. The summed E-state index contributed by atoms with van der Waals surface area (Å²) in [6, 6.07) is 14.0. The van der Waals surface area contributed by atoms with E-state index in [2.05, 4.69) is 10.3 Å². The highest BCUT2D eigenvalue weighted by atomic mass is 16.2. The molecule has 0 spiro atoms. The van der Waals surface area contributed by atoms with Gasteiger partial charge in [0.2, 0.25) is 5.91 Å². The number of carbonyl (C=O) groups is 2. The van der Waals surface area contributed by atoms with Crippen LogP contribution in [-0.2, 0) is 13.6 Å². The molecule has 3 rings (SSSR count). The van der Waals surface area contributed by atoms with Crippen LogP contribution in [-0.4, -0.2) is 21.4 Å². The van der Waals surface area contributed by atoms with E-state index in [0.29, 0.717) is 17.7 Å². The summed E-state index contributed by atoms with van der Waals surface area (Å²) in [4.78, 5) is 27.7. The SMILES string of the molecule is Cn1c(CNC(=O)c2ccc(C(N)=O)cc2)nc2ccccc21. The Labute approximate surface area is 132 Å². The highest BCUT2D eigenvalue weighted by molar-refractivity contribution is 5.97. The maximum absolute atomic E-state index is 12.2. The number of hydrogen-bond acceptors (Lipinski definition) is 3. The van der Waals surface area contributed by atoms with Gasteiger partial charge >= 0.3 is 0 Å². The van der Waals surface area contributed by atoms with Crippen molar-refractivity contribution in [1.82, 2.24) is 14.9 Å². The van der Waals surface area contributed by atoms with E-state index in [1.54, 1.807) is 12.1 Å². The van der Waals surface area contributed by atoms with Gasteiger partial charge in [0.15, 0.2) is 0 Å². The molecule has 0 radical (unpaired) electrons. The standard InChI is InChI=1S/C17H16N4O2/c1-21-14-5-3-2-4-13(14)20-15(21)10-19-17(23)12-8-6-11(7-9-12)16(18)22/h2-9H,10H2,1H3,(H2,18,22)(H,19,23). The first-order chi connectivity index (χ1) is 11.1. The Kier molecular flexibility index (Phi) is 3.80. The number of rotatable bonds is 4. The van der Waals surface area contributed by atoms with Crippen molar-refractivity contribution in [3.8, 4) is 0 Å². The number of nitrogens with two attached hydrogens (primary N) is 1. The number of primary amides is 1. The summed E-state index contributed by atoms with van der Waals surface area (Å²) in [5.41, 5.74) is 7.93. The molecule has 0 atom stereocenters. The van der Waals surface area contributed by atoms with Crippen LogP contribution in [0.4, 0.5) is 0 Å². The number of amides is 2. The first kappa shape index (κ1) is 14.8. The molecule has 116 valence electrons. The molecular formula is C17H16N4O2. The van der Waals surface area contributed by atoms with Crippen LogP contribution in [0.3, 0.4) is 0 Å². The lowest BCUT2D eigenvalue weighted by Gasteiger charge is -2.06. The fraction of sp³-hybridized carbons (Fsp3) is 0.118. The predicted octanol–water partition coefficient (Wildman–Crippen LogP) is 1.60. The van der Waals surface area contributed by atoms with Gasteiger partial charge in [-0.25, -0.2) is 4.98 Å². The number of para-hydroxylation sites is 2. The zero-order valence-electron chi connectivity index (χ0n) is 12.6. The van der Waals surface area contributed by atoms with Gasteiger partial charge in [-0.1, -0.05) is 12.1 Å². The van der Waals surface area contributed by atoms with Crippen LogP contribution in [0.15, 0.2) is 48.5 Å². The minimum absolute atomic E-state index is 0.229. The molecular weight excluding hydrogens is 292 g/mol. The third kappa shape index (κ3) is 2.91. The molecule has 0 aliphatic heterocycles. The van der Waals surface area contributed by atoms with Crippen molar-refractivity contribution in [3.63, 3.8) is 0 Å². The van der Waals surface area contributed by atoms with Crippen molar-refractivity contribution in [3.05, 3.63) is 65.5 Å². The number of aromatic nitrogens is 2. The van der Waals surface area contributed by atoms with Crippen LogP contribution in [0.25, 0.3) is 11.0 Å². The number of fused-ring (bicyclic) bond motifs is 1. The number of nitrogens with zero attached hydrogens (tertiary/aromatic N) is 2. The molecule has 2 amide bonds. The average molecular weight is 308 g/mol. The number of benzene rings is 2. The van der Waals surface area contributed by atoms with Gasteiger partial charge in [0.1, 0.15) is 5.82 Å². The second kappa shape index (κ2) is 5.92. The maximum Gasteiger partial charge on any atom is 0.251 e. The zero-order chi connectivity index (χ0) is 16.4. The topological polar surface area (TPSA) is 90.0 Å². The Bertz CT molecular complexity index is 881. The summed E-state index contributed by atoms with van der Waals surface area (Å²) in [6.45, 7) is 0.321. The summed E-state index contributed by atoms with van der Waals surface area (Å²) in [7, 11) is 1.92. The first-order valence-corrected chi connectivity index (χ1v) is 7.14. The number of imidazole rings is 1. The lowest BCUT2D eigenvalue weighted by molar-refractivity contribution is 0.0947. The summed E-state index contributed by atoms with van der Waals surface area (Å²) >= 11 is 0. The van der Waals surface area contributed by atoms with E-state index in [0.717, 1.165) is 16.9 Å². The predicted molar refractivity (Wildman–Crippen MR) is 86.8 cm³/mol. The van der Waals surface area contributed by atoms with Crippen LogP contribution in [0.5, 0.6) is 0 Å². The van der Waals surface area contributed by atoms with Gasteiger partial charge < -0.3 is 15.6 Å². The van der Waals surface area contributed by atoms with Gasteiger partial charge in [0.25, 0.3) is 5.91 Å². The van der Waals surface area contributed by atoms with Crippen molar-refractivity contribution < 1.29 is 9.59 Å². The minimum atomic E-state index is -0.517. The smallest absolute Gasteiger partial charge is 0.251 e. The lowest BCUT2D eigenvalue weighted by Crippen LogP contribution is -2.24. The fourth-order valence-corrected chi connectivity index (χ4v) is 2.40. The van der Waals surface area contributed by atoms with Gasteiger partial charge in [-0.05, 0) is 36.4 Å². The van der Waals surface area contributed by atoms with E-state index in [-0.39, 0.29) is 5.91 Å². The molecule has 0 aliphatic carbocycles. The fourth-order valence-electron chi connectivity index (χ4n) is 2.40. The molecule has 0 bridgehead atoms. The third-order valence-electron chi connectivity index (χ3n) is 3.72. The molecule has 3 N–H and O–H groups in total. The van der Waals surface area contributed by atoms with Gasteiger partial charge in [0.05, 0.1) is 17.6 Å². The third-order valence-corrected chi connectivity index (χ3v) is 3.72. The van der Waals surface area contributed by atoms with E-state index in [1.807, 2.05) is 35.9 Å². The van der Waals surface area contributed by atoms with E-state index >= 15 is 0 Å². The van der Waals surface area contributed by atoms with Crippen LogP contribution in [0, 0.1) is 0 Å². The number of nitrogens with one attached hydrogen (secondary N) is 1. The molecule has 0 unspecified atom stereocenters. The number of aryl methyl sites for hydroxylation is 1. The average Bonchev–Trinajstić information content (AvgIpc) is 2.89. The zero-order valence-corrected chi connectivity index (χ0v) is 12.6. The second-order valence-corrected chi connectivity index (χ2v) is 5.20. The Hall–Kier alpha value is -3.15. The molecule has 6 nitrogen and oxygen atoms in total. The highest BCUT2D eigenvalue weighted by Crippen LogP contribution is 2.14. The van der Waals surface area contributed by atoms with E-state index in [4.69, 9.17) is 5.73 Å². The van der Waals surface area contributed by atoms with Crippen LogP contribution < -0.4 is 11.1 Å². The van der Waals surface area contributed by atoms with Gasteiger partial charge in [-0.2, -0.15) is 0 Å². The number of carbonyl (C=O) groups excluding carboxylic acids is 2. The molecule has 0 saturated carbocycles. The molecule has 0 saturated heterocycles. The van der Waals surface area contributed by atoms with Crippen LogP contribution in [0.1, 0.15) is 26.5 Å². The molecule has 3 aromatic rings. The van der Waals surface area contributed by atoms with Gasteiger partial charge in [-0.3, -0.25) is 9.59 Å². The van der Waals surface area contributed by atoms with Crippen LogP contribution >= 0.6 is 0 Å².